The van der Waals surface area contributed by atoms with Gasteiger partial charge in [-0.15, -0.1) is 11.3 Å². The fourth-order valence-electron chi connectivity index (χ4n) is 2.41. The van der Waals surface area contributed by atoms with Crippen LogP contribution in [0.3, 0.4) is 0 Å². The first-order chi connectivity index (χ1) is 8.88. The Morgan fingerprint density at radius 3 is 2.58 bits per heavy atom. The number of nitrogens with zero attached hydrogens (tertiary/aromatic N) is 1. The standard InChI is InChI=1S/C15H24N2OS/c1-10(16-13(18)11-7-5-6-8-11)14-17-12(9-19-14)15(2,3)4/h9-11H,5-8H2,1-4H3,(H,16,18)/t10-/m1/s1. The van der Waals surface area contributed by atoms with Crippen LogP contribution in [0.5, 0.6) is 0 Å². The van der Waals surface area contributed by atoms with Gasteiger partial charge in [0.1, 0.15) is 5.01 Å². The molecule has 0 saturated heterocycles. The van der Waals surface area contributed by atoms with Gasteiger partial charge >= 0.3 is 0 Å². The maximum Gasteiger partial charge on any atom is 0.223 e. The van der Waals surface area contributed by atoms with E-state index in [0.717, 1.165) is 23.5 Å². The molecule has 1 atom stereocenters. The zero-order chi connectivity index (χ0) is 14.0. The van der Waals surface area contributed by atoms with E-state index < -0.39 is 0 Å². The molecule has 1 aliphatic rings. The molecule has 106 valence electrons. The predicted molar refractivity (Wildman–Crippen MR) is 79.3 cm³/mol. The number of amides is 1. The molecule has 1 aliphatic carbocycles. The fourth-order valence-corrected chi connectivity index (χ4v) is 3.46. The highest BCUT2D eigenvalue weighted by atomic mass is 32.1. The molecule has 1 fully saturated rings. The van der Waals surface area contributed by atoms with Crippen LogP contribution in [-0.4, -0.2) is 10.9 Å². The molecule has 1 saturated carbocycles. The van der Waals surface area contributed by atoms with E-state index in [-0.39, 0.29) is 23.3 Å². The van der Waals surface area contributed by atoms with Crippen LogP contribution >= 0.6 is 11.3 Å². The lowest BCUT2D eigenvalue weighted by molar-refractivity contribution is -0.125. The minimum absolute atomic E-state index is 0.0224. The SMILES string of the molecule is C[C@@H](NC(=O)C1CCCC1)c1nc(C(C)(C)C)cs1. The van der Waals surface area contributed by atoms with Gasteiger partial charge in [0, 0.05) is 16.7 Å². The van der Waals surface area contributed by atoms with E-state index in [1.807, 2.05) is 6.92 Å². The lowest BCUT2D eigenvalue weighted by atomic mass is 9.93. The average Bonchev–Trinajstić information content (AvgIpc) is 3.00. The molecule has 3 nitrogen and oxygen atoms in total. The number of carbonyl (C=O) groups is 1. The Labute approximate surface area is 119 Å². The lowest BCUT2D eigenvalue weighted by Gasteiger charge is -2.16. The molecule has 0 aliphatic heterocycles. The normalized spacial score (nSPS) is 18.5. The van der Waals surface area contributed by atoms with E-state index in [1.54, 1.807) is 11.3 Å². The summed E-state index contributed by atoms with van der Waals surface area (Å²) in [5, 5.41) is 6.23. The highest BCUT2D eigenvalue weighted by Gasteiger charge is 2.25. The number of aromatic nitrogens is 1. The molecule has 0 aromatic carbocycles. The summed E-state index contributed by atoms with van der Waals surface area (Å²) in [5.41, 5.74) is 1.18. The van der Waals surface area contributed by atoms with Gasteiger partial charge in [0.15, 0.2) is 0 Å². The second-order valence-electron chi connectivity index (χ2n) is 6.53. The van der Waals surface area contributed by atoms with Crippen LogP contribution in [-0.2, 0) is 10.2 Å². The first-order valence-electron chi connectivity index (χ1n) is 7.14. The summed E-state index contributed by atoms with van der Waals surface area (Å²) >= 11 is 1.64. The fraction of sp³-hybridized carbons (Fsp3) is 0.733. The summed E-state index contributed by atoms with van der Waals surface area (Å²) in [4.78, 5) is 16.8. The van der Waals surface area contributed by atoms with Crippen molar-refractivity contribution in [3.63, 3.8) is 0 Å². The van der Waals surface area contributed by atoms with E-state index in [0.29, 0.717) is 0 Å². The summed E-state index contributed by atoms with van der Waals surface area (Å²) in [6, 6.07) is 0.0224. The molecule has 1 heterocycles. The minimum atomic E-state index is 0.0224. The van der Waals surface area contributed by atoms with Gasteiger partial charge in [0.2, 0.25) is 5.91 Å². The van der Waals surface area contributed by atoms with E-state index in [2.05, 4.69) is 36.5 Å². The van der Waals surface area contributed by atoms with Crippen molar-refractivity contribution in [3.8, 4) is 0 Å². The molecule has 4 heteroatoms. The molecular weight excluding hydrogens is 256 g/mol. The van der Waals surface area contributed by atoms with Crippen molar-refractivity contribution in [2.24, 2.45) is 5.92 Å². The lowest BCUT2D eigenvalue weighted by Crippen LogP contribution is -2.31. The Kier molecular flexibility index (Phi) is 4.29. The number of carbonyl (C=O) groups excluding carboxylic acids is 1. The predicted octanol–water partition coefficient (Wildman–Crippen LogP) is 3.81. The highest BCUT2D eigenvalue weighted by Crippen LogP contribution is 2.28. The molecule has 0 bridgehead atoms. The molecule has 1 aromatic rings. The van der Waals surface area contributed by atoms with Gasteiger partial charge in [-0.05, 0) is 19.8 Å². The van der Waals surface area contributed by atoms with E-state index >= 15 is 0 Å². The van der Waals surface area contributed by atoms with Crippen molar-refractivity contribution in [3.05, 3.63) is 16.1 Å². The summed E-state index contributed by atoms with van der Waals surface area (Å²) < 4.78 is 0. The van der Waals surface area contributed by atoms with Crippen LogP contribution in [0, 0.1) is 5.92 Å². The van der Waals surface area contributed by atoms with Crippen molar-refractivity contribution in [1.29, 1.82) is 0 Å². The Hall–Kier alpha value is -0.900. The molecule has 1 N–H and O–H groups in total. The molecule has 0 spiro atoms. The smallest absolute Gasteiger partial charge is 0.223 e. The topological polar surface area (TPSA) is 42.0 Å². The summed E-state index contributed by atoms with van der Waals surface area (Å²) in [6.07, 6.45) is 4.48. The average molecular weight is 280 g/mol. The van der Waals surface area contributed by atoms with Crippen molar-refractivity contribution in [2.75, 3.05) is 0 Å². The van der Waals surface area contributed by atoms with Gasteiger partial charge in [-0.2, -0.15) is 0 Å². The van der Waals surface area contributed by atoms with Crippen LogP contribution in [0.25, 0.3) is 0 Å². The highest BCUT2D eigenvalue weighted by molar-refractivity contribution is 7.09. The van der Waals surface area contributed by atoms with Gasteiger partial charge in [-0.25, -0.2) is 4.98 Å². The van der Waals surface area contributed by atoms with Crippen LogP contribution < -0.4 is 5.32 Å². The molecule has 1 aromatic heterocycles. The van der Waals surface area contributed by atoms with Crippen molar-refractivity contribution in [2.45, 2.75) is 64.8 Å². The number of nitrogens with one attached hydrogen (secondary N) is 1. The van der Waals surface area contributed by atoms with Gasteiger partial charge < -0.3 is 5.32 Å². The largest absolute Gasteiger partial charge is 0.347 e. The number of rotatable bonds is 3. The van der Waals surface area contributed by atoms with Crippen molar-refractivity contribution in [1.82, 2.24) is 10.3 Å². The zero-order valence-corrected chi connectivity index (χ0v) is 13.1. The van der Waals surface area contributed by atoms with Gasteiger partial charge in [0.25, 0.3) is 0 Å². The van der Waals surface area contributed by atoms with Gasteiger partial charge in [0.05, 0.1) is 11.7 Å². The first-order valence-corrected chi connectivity index (χ1v) is 8.02. The zero-order valence-electron chi connectivity index (χ0n) is 12.3. The van der Waals surface area contributed by atoms with Crippen LogP contribution in [0.1, 0.15) is 70.1 Å². The third-order valence-corrected chi connectivity index (χ3v) is 4.77. The summed E-state index contributed by atoms with van der Waals surface area (Å²) in [7, 11) is 0. The maximum atomic E-state index is 12.1. The number of hydrogen-bond donors (Lipinski definition) is 1. The minimum Gasteiger partial charge on any atom is -0.347 e. The van der Waals surface area contributed by atoms with E-state index in [4.69, 9.17) is 0 Å². The summed E-state index contributed by atoms with van der Waals surface area (Å²) in [5.74, 6) is 0.432. The van der Waals surface area contributed by atoms with Crippen LogP contribution in [0.4, 0.5) is 0 Å². The Balaban J connectivity index is 1.97. The second kappa shape index (κ2) is 5.61. The van der Waals surface area contributed by atoms with Crippen LogP contribution in [0.2, 0.25) is 0 Å². The van der Waals surface area contributed by atoms with Gasteiger partial charge in [-0.3, -0.25) is 4.79 Å². The molecule has 2 rings (SSSR count). The molecular formula is C15H24N2OS. The monoisotopic (exact) mass is 280 g/mol. The van der Waals surface area contributed by atoms with Crippen molar-refractivity contribution >= 4 is 17.2 Å². The third kappa shape index (κ3) is 3.56. The van der Waals surface area contributed by atoms with E-state index in [9.17, 15) is 4.79 Å². The summed E-state index contributed by atoms with van der Waals surface area (Å²) in [6.45, 7) is 8.51. The molecule has 19 heavy (non-hydrogen) atoms. The van der Waals surface area contributed by atoms with Gasteiger partial charge in [-0.1, -0.05) is 33.6 Å². The second-order valence-corrected chi connectivity index (χ2v) is 7.42. The number of thiazole rings is 1. The van der Waals surface area contributed by atoms with Crippen LogP contribution in [0.15, 0.2) is 5.38 Å². The Bertz CT molecular complexity index is 441. The van der Waals surface area contributed by atoms with E-state index in [1.165, 1.54) is 12.8 Å². The number of hydrogen-bond acceptors (Lipinski definition) is 3. The molecule has 1 amide bonds. The molecule has 0 unspecified atom stereocenters. The third-order valence-electron chi connectivity index (χ3n) is 3.75. The Morgan fingerprint density at radius 1 is 1.42 bits per heavy atom. The molecule has 0 radical (unpaired) electrons. The first kappa shape index (κ1) is 14.5. The van der Waals surface area contributed by atoms with Crippen molar-refractivity contribution < 1.29 is 4.79 Å². The quantitative estimate of drug-likeness (QED) is 0.915. The maximum absolute atomic E-state index is 12.1. The Morgan fingerprint density at radius 2 is 2.05 bits per heavy atom.